The van der Waals surface area contributed by atoms with E-state index < -0.39 is 0 Å². The molecule has 2 aliphatic heterocycles. The van der Waals surface area contributed by atoms with Gasteiger partial charge >= 0.3 is 0 Å². The van der Waals surface area contributed by atoms with Gasteiger partial charge in [0.25, 0.3) is 0 Å². The van der Waals surface area contributed by atoms with Gasteiger partial charge in [-0.05, 0) is 53.8 Å². The van der Waals surface area contributed by atoms with E-state index in [1.807, 2.05) is 30.3 Å². The van der Waals surface area contributed by atoms with Crippen molar-refractivity contribution in [2.45, 2.75) is 17.9 Å². The summed E-state index contributed by atoms with van der Waals surface area (Å²) in [5.41, 5.74) is 9.18. The molecule has 2 aliphatic rings. The maximum absolute atomic E-state index is 6.42. The Bertz CT molecular complexity index is 937. The first kappa shape index (κ1) is 18.3. The molecular weight excluding hydrogens is 399 g/mol. The minimum Gasteiger partial charge on any atom is -0.365 e. The molecule has 0 aliphatic carbocycles. The molecule has 2 atom stereocenters. The third-order valence-electron chi connectivity index (χ3n) is 4.27. The summed E-state index contributed by atoms with van der Waals surface area (Å²) in [5, 5.41) is 13.8. The van der Waals surface area contributed by atoms with E-state index in [4.69, 9.17) is 23.2 Å². The third-order valence-corrected chi connectivity index (χ3v) is 5.75. The van der Waals surface area contributed by atoms with E-state index >= 15 is 0 Å². The van der Waals surface area contributed by atoms with Crippen LogP contribution >= 0.6 is 35.0 Å². The zero-order chi connectivity index (χ0) is 18.8. The molecule has 0 bridgehead atoms. The van der Waals surface area contributed by atoms with Crippen LogP contribution in [0.25, 0.3) is 11.8 Å². The zero-order valence-corrected chi connectivity index (χ0v) is 16.9. The Morgan fingerprint density at radius 3 is 2.78 bits per heavy atom. The van der Waals surface area contributed by atoms with E-state index in [1.54, 1.807) is 18.0 Å². The van der Waals surface area contributed by atoms with Crippen molar-refractivity contribution >= 4 is 58.6 Å². The van der Waals surface area contributed by atoms with Crippen LogP contribution in [0.3, 0.4) is 0 Å². The van der Waals surface area contributed by atoms with Crippen molar-refractivity contribution in [1.29, 1.82) is 0 Å². The number of anilines is 1. The lowest BCUT2D eigenvalue weighted by atomic mass is 10.0. The summed E-state index contributed by atoms with van der Waals surface area (Å²) in [5.74, 6) is 0. The van der Waals surface area contributed by atoms with Crippen molar-refractivity contribution in [1.82, 2.24) is 10.7 Å². The first-order valence-electron chi connectivity index (χ1n) is 8.48. The Kier molecular flexibility index (Phi) is 5.34. The van der Waals surface area contributed by atoms with Crippen LogP contribution in [0.5, 0.6) is 0 Å². The number of alkyl halides is 1. The Morgan fingerprint density at radius 2 is 1.96 bits per heavy atom. The maximum Gasteiger partial charge on any atom is 0.165 e. The van der Waals surface area contributed by atoms with E-state index in [0.29, 0.717) is 0 Å². The molecule has 2 aromatic carbocycles. The van der Waals surface area contributed by atoms with Gasteiger partial charge in [-0.3, -0.25) is 5.43 Å². The fourth-order valence-corrected chi connectivity index (χ4v) is 4.03. The molecule has 4 rings (SSSR count). The number of hydrogen-bond donors (Lipinski definition) is 3. The molecule has 3 N–H and O–H groups in total. The first-order chi connectivity index (χ1) is 13.1. The number of thioether (sulfide) groups is 1. The topological polar surface area (TPSA) is 48.5 Å². The highest BCUT2D eigenvalue weighted by Gasteiger charge is 2.19. The fourth-order valence-electron chi connectivity index (χ4n) is 2.88. The molecule has 0 aromatic heterocycles. The van der Waals surface area contributed by atoms with Gasteiger partial charge in [0.1, 0.15) is 5.50 Å². The van der Waals surface area contributed by atoms with E-state index in [9.17, 15) is 0 Å². The lowest BCUT2D eigenvalue weighted by molar-refractivity contribution is 0.657. The Labute approximate surface area is 172 Å². The summed E-state index contributed by atoms with van der Waals surface area (Å²) < 4.78 is 0. The van der Waals surface area contributed by atoms with E-state index in [1.165, 1.54) is 5.56 Å². The number of rotatable bonds is 4. The van der Waals surface area contributed by atoms with Crippen molar-refractivity contribution < 1.29 is 0 Å². The molecule has 0 fully saturated rings. The van der Waals surface area contributed by atoms with Crippen molar-refractivity contribution in [3.05, 3.63) is 75.2 Å². The average molecular weight is 417 g/mol. The van der Waals surface area contributed by atoms with Crippen LogP contribution in [0.1, 0.15) is 16.7 Å². The highest BCUT2D eigenvalue weighted by atomic mass is 35.5. The molecule has 0 saturated carbocycles. The van der Waals surface area contributed by atoms with Crippen molar-refractivity contribution in [3.8, 4) is 0 Å². The quantitative estimate of drug-likeness (QED) is 0.277. The number of nitrogens with zero attached hydrogens (tertiary/aromatic N) is 1. The molecule has 27 heavy (non-hydrogen) atoms. The van der Waals surface area contributed by atoms with Gasteiger partial charge in [-0.15, -0.1) is 0 Å². The van der Waals surface area contributed by atoms with Crippen molar-refractivity contribution in [2.24, 2.45) is 5.10 Å². The van der Waals surface area contributed by atoms with Gasteiger partial charge < -0.3 is 10.6 Å². The summed E-state index contributed by atoms with van der Waals surface area (Å²) in [6.07, 6.45) is 3.83. The molecule has 138 valence electrons. The summed E-state index contributed by atoms with van der Waals surface area (Å²) >= 11 is 14.0. The monoisotopic (exact) mass is 416 g/mol. The molecule has 0 radical (unpaired) electrons. The second-order valence-corrected chi connectivity index (χ2v) is 8.18. The Hall–Kier alpha value is -2.08. The van der Waals surface area contributed by atoms with E-state index in [0.717, 1.165) is 33.1 Å². The molecule has 0 saturated heterocycles. The van der Waals surface area contributed by atoms with Crippen molar-refractivity contribution in [3.63, 3.8) is 0 Å². The molecule has 0 unspecified atom stereocenters. The summed E-state index contributed by atoms with van der Waals surface area (Å²) in [6.45, 7) is 2.07. The second kappa shape index (κ2) is 7.89. The smallest absolute Gasteiger partial charge is 0.165 e. The fraction of sp³-hybridized carbons (Fsp3) is 0.150. The van der Waals surface area contributed by atoms with Gasteiger partial charge in [0.15, 0.2) is 5.50 Å². The van der Waals surface area contributed by atoms with Crippen LogP contribution in [-0.2, 0) is 0 Å². The zero-order valence-electron chi connectivity index (χ0n) is 14.5. The molecule has 0 spiro atoms. The first-order valence-corrected chi connectivity index (χ1v) is 10.2. The summed E-state index contributed by atoms with van der Waals surface area (Å²) in [4.78, 5) is 0. The second-order valence-electron chi connectivity index (χ2n) is 6.33. The van der Waals surface area contributed by atoms with Crippen LogP contribution in [0.2, 0.25) is 5.02 Å². The number of hydrazone groups is 1. The third kappa shape index (κ3) is 4.26. The van der Waals surface area contributed by atoms with Gasteiger partial charge in [-0.1, -0.05) is 58.7 Å². The van der Waals surface area contributed by atoms with Gasteiger partial charge in [0.2, 0.25) is 0 Å². The van der Waals surface area contributed by atoms with Crippen LogP contribution in [-0.4, -0.2) is 17.2 Å². The molecule has 0 amide bonds. The number of hydrogen-bond acceptors (Lipinski definition) is 5. The average Bonchev–Trinajstić information content (AvgIpc) is 3.12. The van der Waals surface area contributed by atoms with Crippen LogP contribution in [0, 0.1) is 6.92 Å². The molecular formula is C20H18Cl2N4S. The molecule has 7 heteroatoms. The van der Waals surface area contributed by atoms with E-state index in [2.05, 4.69) is 51.7 Å². The van der Waals surface area contributed by atoms with Crippen molar-refractivity contribution in [2.75, 3.05) is 5.32 Å². The van der Waals surface area contributed by atoms with Crippen LogP contribution in [0.4, 0.5) is 5.69 Å². The van der Waals surface area contributed by atoms with Gasteiger partial charge in [0, 0.05) is 16.3 Å². The lowest BCUT2D eigenvalue weighted by Gasteiger charge is -2.22. The predicted octanol–water partition coefficient (Wildman–Crippen LogP) is 5.22. The number of nitrogens with one attached hydrogen (secondary N) is 3. The largest absolute Gasteiger partial charge is 0.365 e. The normalized spacial score (nSPS) is 21.1. The summed E-state index contributed by atoms with van der Waals surface area (Å²) in [7, 11) is 0. The molecule has 2 aromatic rings. The minimum atomic E-state index is -0.308. The number of halogens is 2. The maximum atomic E-state index is 6.42. The predicted molar refractivity (Wildman–Crippen MR) is 118 cm³/mol. The van der Waals surface area contributed by atoms with E-state index in [-0.39, 0.29) is 11.0 Å². The summed E-state index contributed by atoms with van der Waals surface area (Å²) in [6, 6.07) is 14.0. The molecule has 4 nitrogen and oxygen atoms in total. The van der Waals surface area contributed by atoms with Gasteiger partial charge in [-0.2, -0.15) is 5.10 Å². The number of aryl methyl sites for hydroxylation is 1. The van der Waals surface area contributed by atoms with Crippen LogP contribution < -0.4 is 16.1 Å². The Balaban J connectivity index is 1.38. The number of benzene rings is 2. The number of fused-ring (bicyclic) bond motifs is 1. The molecule has 2 heterocycles. The lowest BCUT2D eigenvalue weighted by Crippen LogP contribution is -2.32. The van der Waals surface area contributed by atoms with Gasteiger partial charge in [-0.25, -0.2) is 0 Å². The van der Waals surface area contributed by atoms with Crippen LogP contribution in [0.15, 0.2) is 58.5 Å². The SMILES string of the molecule is Cc1ccc2c(c1)C=C(/C=N\N[C@H]1NC(c3ccc(Cl)cc3)=CS1)[C@H](Cl)N2. The highest BCUT2D eigenvalue weighted by Crippen LogP contribution is 2.29. The Morgan fingerprint density at radius 1 is 1.15 bits per heavy atom. The standard InChI is InChI=1S/C20H18Cl2N4S/c1-12-2-7-17-14(8-12)9-15(19(22)24-17)10-23-26-20-25-18(11-27-20)13-3-5-16(21)6-4-13/h2-11,19-20,24-26H,1H3/b23-10-/t19-,20-/m1/s1. The van der Waals surface area contributed by atoms with Gasteiger partial charge in [0.05, 0.1) is 11.9 Å². The minimum absolute atomic E-state index is 0.0348. The highest BCUT2D eigenvalue weighted by molar-refractivity contribution is 8.03.